The molecule has 0 radical (unpaired) electrons. The van der Waals surface area contributed by atoms with Crippen molar-refractivity contribution >= 4 is 11.0 Å². The van der Waals surface area contributed by atoms with Crippen molar-refractivity contribution in [3.05, 3.63) is 48.0 Å². The molecule has 2 fully saturated rings. The lowest BCUT2D eigenvalue weighted by Crippen LogP contribution is -2.29. The first kappa shape index (κ1) is 17.8. The van der Waals surface area contributed by atoms with Crippen molar-refractivity contribution in [3.8, 4) is 11.4 Å². The number of rotatable bonds is 3. The van der Waals surface area contributed by atoms with Gasteiger partial charge in [0.15, 0.2) is 0 Å². The van der Waals surface area contributed by atoms with Crippen LogP contribution in [0.2, 0.25) is 0 Å². The predicted molar refractivity (Wildman–Crippen MR) is 106 cm³/mol. The molecule has 1 aliphatic carbocycles. The van der Waals surface area contributed by atoms with E-state index in [1.54, 1.807) is 18.3 Å². The van der Waals surface area contributed by atoms with Crippen molar-refractivity contribution in [1.29, 1.82) is 0 Å². The molecule has 2 aliphatic rings. The molecule has 146 valence electrons. The molecule has 6 heteroatoms. The Labute approximate surface area is 163 Å². The van der Waals surface area contributed by atoms with Crippen LogP contribution in [0.4, 0.5) is 4.39 Å². The number of benzene rings is 1. The van der Waals surface area contributed by atoms with E-state index >= 15 is 0 Å². The van der Waals surface area contributed by atoms with Crippen LogP contribution >= 0.6 is 0 Å². The van der Waals surface area contributed by atoms with Crippen LogP contribution in [-0.2, 0) is 4.74 Å². The smallest absolute Gasteiger partial charge is 0.144 e. The summed E-state index contributed by atoms with van der Waals surface area (Å²) in [5.41, 5.74) is 9.53. The van der Waals surface area contributed by atoms with Crippen LogP contribution in [0, 0.1) is 5.82 Å². The molecule has 1 saturated carbocycles. The third-order valence-corrected chi connectivity index (χ3v) is 6.02. The standard InChI is InChI=1S/C22H25FN4O/c23-17-8-2-1-7-16(17)22-26-19-13-25-18(21-9-4-10-28-21)12-20(19)27(22)15-6-3-5-14(24)11-15/h1-2,7-8,12-15,21H,3-6,9-11,24H2/t14-,15+,21+/m0/s1. The zero-order chi connectivity index (χ0) is 19.1. The molecule has 0 unspecified atom stereocenters. The first-order valence-electron chi connectivity index (χ1n) is 10.2. The van der Waals surface area contributed by atoms with Crippen LogP contribution in [0.3, 0.4) is 0 Å². The average Bonchev–Trinajstić information content (AvgIpc) is 3.36. The highest BCUT2D eigenvalue weighted by Crippen LogP contribution is 2.37. The van der Waals surface area contributed by atoms with Crippen LogP contribution < -0.4 is 5.73 Å². The fraction of sp³-hybridized carbons (Fsp3) is 0.455. The van der Waals surface area contributed by atoms with Gasteiger partial charge in [-0.3, -0.25) is 4.98 Å². The van der Waals surface area contributed by atoms with E-state index in [1.807, 2.05) is 6.07 Å². The number of hydrogen-bond acceptors (Lipinski definition) is 4. The summed E-state index contributed by atoms with van der Waals surface area (Å²) in [7, 11) is 0. The van der Waals surface area contributed by atoms with Crippen LogP contribution in [0.5, 0.6) is 0 Å². The predicted octanol–water partition coefficient (Wildman–Crippen LogP) is 4.53. The van der Waals surface area contributed by atoms with Crippen molar-refractivity contribution < 1.29 is 9.13 Å². The van der Waals surface area contributed by atoms with Crippen molar-refractivity contribution in [3.63, 3.8) is 0 Å². The van der Waals surface area contributed by atoms with Gasteiger partial charge in [-0.15, -0.1) is 0 Å². The third kappa shape index (κ3) is 3.10. The highest BCUT2D eigenvalue weighted by atomic mass is 19.1. The number of aromatic nitrogens is 3. The number of fused-ring (bicyclic) bond motifs is 1. The maximum absolute atomic E-state index is 14.6. The van der Waals surface area contributed by atoms with Gasteiger partial charge in [-0.2, -0.15) is 0 Å². The number of nitrogens with two attached hydrogens (primary N) is 1. The Bertz CT molecular complexity index is 995. The molecule has 0 spiro atoms. The van der Waals surface area contributed by atoms with E-state index in [9.17, 15) is 4.39 Å². The second-order valence-corrected chi connectivity index (χ2v) is 7.97. The molecule has 28 heavy (non-hydrogen) atoms. The van der Waals surface area contributed by atoms with E-state index in [0.29, 0.717) is 11.4 Å². The van der Waals surface area contributed by atoms with E-state index < -0.39 is 0 Å². The Kier molecular flexibility index (Phi) is 4.61. The molecule has 0 bridgehead atoms. The Hall–Kier alpha value is -2.31. The van der Waals surface area contributed by atoms with Crippen LogP contribution in [0.15, 0.2) is 36.5 Å². The molecule has 5 rings (SSSR count). The van der Waals surface area contributed by atoms with E-state index in [2.05, 4.69) is 15.6 Å². The number of halogens is 1. The monoisotopic (exact) mass is 380 g/mol. The zero-order valence-corrected chi connectivity index (χ0v) is 15.9. The van der Waals surface area contributed by atoms with Crippen molar-refractivity contribution in [2.24, 2.45) is 5.73 Å². The first-order chi connectivity index (χ1) is 13.7. The molecule has 1 aliphatic heterocycles. The lowest BCUT2D eigenvalue weighted by atomic mass is 9.91. The van der Waals surface area contributed by atoms with Gasteiger partial charge in [0.05, 0.1) is 29.1 Å². The highest BCUT2D eigenvalue weighted by Gasteiger charge is 2.28. The summed E-state index contributed by atoms with van der Waals surface area (Å²) < 4.78 is 22.7. The van der Waals surface area contributed by atoms with Crippen molar-refractivity contribution in [2.75, 3.05) is 6.61 Å². The molecule has 5 nitrogen and oxygen atoms in total. The minimum Gasteiger partial charge on any atom is -0.372 e. The Morgan fingerprint density at radius 2 is 2.04 bits per heavy atom. The summed E-state index contributed by atoms with van der Waals surface area (Å²) in [5.74, 6) is 0.407. The number of imidazole rings is 1. The van der Waals surface area contributed by atoms with Gasteiger partial charge in [0.25, 0.3) is 0 Å². The number of nitrogens with zero attached hydrogens (tertiary/aromatic N) is 3. The molecule has 1 saturated heterocycles. The SMILES string of the molecule is N[C@H]1CCC[C@@H](n2c(-c3ccccc3F)nc3cnc([C@H]4CCCO4)cc32)C1. The molecule has 2 aromatic heterocycles. The maximum atomic E-state index is 14.6. The largest absolute Gasteiger partial charge is 0.372 e. The fourth-order valence-electron chi connectivity index (χ4n) is 4.64. The first-order valence-corrected chi connectivity index (χ1v) is 10.2. The lowest BCUT2D eigenvalue weighted by Gasteiger charge is -2.29. The Morgan fingerprint density at radius 3 is 2.82 bits per heavy atom. The van der Waals surface area contributed by atoms with E-state index in [4.69, 9.17) is 15.5 Å². The van der Waals surface area contributed by atoms with Gasteiger partial charge in [-0.1, -0.05) is 12.1 Å². The van der Waals surface area contributed by atoms with E-state index in [1.165, 1.54) is 6.07 Å². The summed E-state index contributed by atoms with van der Waals surface area (Å²) >= 11 is 0. The van der Waals surface area contributed by atoms with Gasteiger partial charge in [-0.25, -0.2) is 9.37 Å². The Balaban J connectivity index is 1.69. The minimum atomic E-state index is -0.258. The normalized spacial score (nSPS) is 25.4. The van der Waals surface area contributed by atoms with Gasteiger partial charge in [0.1, 0.15) is 17.2 Å². The van der Waals surface area contributed by atoms with Crippen molar-refractivity contribution in [2.45, 2.75) is 56.7 Å². The molecule has 3 aromatic rings. The minimum absolute atomic E-state index is 0.0401. The van der Waals surface area contributed by atoms with Crippen molar-refractivity contribution in [1.82, 2.24) is 14.5 Å². The Morgan fingerprint density at radius 1 is 1.14 bits per heavy atom. The number of ether oxygens (including phenoxy) is 1. The fourth-order valence-corrected chi connectivity index (χ4v) is 4.64. The van der Waals surface area contributed by atoms with Crippen LogP contribution in [0.1, 0.15) is 56.4 Å². The van der Waals surface area contributed by atoms with Crippen LogP contribution in [-0.4, -0.2) is 27.2 Å². The summed E-state index contributed by atoms with van der Waals surface area (Å²) in [6, 6.07) is 9.31. The second kappa shape index (κ2) is 7.26. The molecule has 2 N–H and O–H groups in total. The summed E-state index contributed by atoms with van der Waals surface area (Å²) in [6.45, 7) is 0.779. The summed E-state index contributed by atoms with van der Waals surface area (Å²) in [6.07, 6.45) is 7.91. The van der Waals surface area contributed by atoms with Gasteiger partial charge in [0, 0.05) is 18.7 Å². The van der Waals surface area contributed by atoms with Gasteiger partial charge in [0.2, 0.25) is 0 Å². The second-order valence-electron chi connectivity index (χ2n) is 7.97. The molecular weight excluding hydrogens is 355 g/mol. The molecule has 0 amide bonds. The zero-order valence-electron chi connectivity index (χ0n) is 15.9. The lowest BCUT2D eigenvalue weighted by molar-refractivity contribution is 0.109. The molecule has 3 atom stereocenters. The van der Waals surface area contributed by atoms with Crippen LogP contribution in [0.25, 0.3) is 22.4 Å². The topological polar surface area (TPSA) is 66.0 Å². The average molecular weight is 380 g/mol. The quantitative estimate of drug-likeness (QED) is 0.725. The van der Waals surface area contributed by atoms with E-state index in [-0.39, 0.29) is 24.0 Å². The number of pyridine rings is 1. The molecule has 3 heterocycles. The summed E-state index contributed by atoms with van der Waals surface area (Å²) in [5, 5.41) is 0. The maximum Gasteiger partial charge on any atom is 0.144 e. The molecular formula is C22H25FN4O. The van der Waals surface area contributed by atoms with E-state index in [0.717, 1.165) is 61.9 Å². The third-order valence-electron chi connectivity index (χ3n) is 6.02. The van der Waals surface area contributed by atoms with Gasteiger partial charge < -0.3 is 15.0 Å². The summed E-state index contributed by atoms with van der Waals surface area (Å²) in [4.78, 5) is 9.39. The number of hydrogen-bond donors (Lipinski definition) is 1. The van der Waals surface area contributed by atoms with Gasteiger partial charge in [-0.05, 0) is 56.7 Å². The highest BCUT2D eigenvalue weighted by molar-refractivity contribution is 5.80. The molecule has 1 aromatic carbocycles. The van der Waals surface area contributed by atoms with Gasteiger partial charge >= 0.3 is 0 Å².